The average Bonchev–Trinajstić information content (AvgIpc) is 3.10. The third-order valence-corrected chi connectivity index (χ3v) is 6.22. The summed E-state index contributed by atoms with van der Waals surface area (Å²) in [6.45, 7) is 3.86. The predicted octanol–water partition coefficient (Wildman–Crippen LogP) is 3.53. The lowest BCUT2D eigenvalue weighted by atomic mass is 10.1. The van der Waals surface area contributed by atoms with Crippen LogP contribution in [0, 0.1) is 13.8 Å². The number of benzene rings is 3. The van der Waals surface area contributed by atoms with Gasteiger partial charge < -0.3 is 15.3 Å². The van der Waals surface area contributed by atoms with Gasteiger partial charge in [-0.15, -0.1) is 0 Å². The first-order chi connectivity index (χ1) is 14.7. The lowest BCUT2D eigenvalue weighted by Crippen LogP contribution is -2.14. The van der Waals surface area contributed by atoms with E-state index in [1.54, 1.807) is 12.1 Å². The minimum Gasteiger partial charge on any atom is -0.322 e. The predicted molar refractivity (Wildman–Crippen MR) is 120 cm³/mol. The van der Waals surface area contributed by atoms with Gasteiger partial charge in [-0.2, -0.15) is 0 Å². The highest BCUT2D eigenvalue weighted by Crippen LogP contribution is 2.21. The molecule has 0 spiro atoms. The highest BCUT2D eigenvalue weighted by Gasteiger charge is 2.16. The van der Waals surface area contributed by atoms with Crippen LogP contribution in [0.2, 0.25) is 0 Å². The molecule has 1 amide bonds. The Hall–Kier alpha value is -3.85. The Labute approximate surface area is 178 Å². The summed E-state index contributed by atoms with van der Waals surface area (Å²) in [6.07, 6.45) is 0. The molecule has 158 valence electrons. The molecule has 1 aromatic heterocycles. The maximum atomic E-state index is 12.7. The standard InChI is InChI=1S/C22H20N4O4S/c1-13-3-4-14(2)19(11-13)23-21(27)15-5-7-16(8-6-15)26-31(29,30)17-9-10-18-20(12-17)25-22(28)24-18/h3-12,26H,1-2H3,(H,23,27)(H2,24,25,28). The molecule has 3 aromatic carbocycles. The summed E-state index contributed by atoms with van der Waals surface area (Å²) < 4.78 is 27.9. The van der Waals surface area contributed by atoms with E-state index < -0.39 is 15.7 Å². The van der Waals surface area contributed by atoms with Gasteiger partial charge in [-0.1, -0.05) is 12.1 Å². The first kappa shape index (κ1) is 20.4. The number of amides is 1. The highest BCUT2D eigenvalue weighted by atomic mass is 32.2. The van der Waals surface area contributed by atoms with Crippen LogP contribution in [-0.2, 0) is 10.0 Å². The Balaban J connectivity index is 1.51. The van der Waals surface area contributed by atoms with Crippen LogP contribution >= 0.6 is 0 Å². The molecule has 9 heteroatoms. The monoisotopic (exact) mass is 436 g/mol. The second kappa shape index (κ2) is 7.77. The van der Waals surface area contributed by atoms with Crippen molar-refractivity contribution in [2.45, 2.75) is 18.7 Å². The molecule has 0 fully saturated rings. The molecule has 1 heterocycles. The van der Waals surface area contributed by atoms with Crippen LogP contribution < -0.4 is 15.7 Å². The summed E-state index contributed by atoms with van der Waals surface area (Å²) >= 11 is 0. The number of nitrogens with one attached hydrogen (secondary N) is 4. The second-order valence-corrected chi connectivity index (χ2v) is 8.92. The largest absolute Gasteiger partial charge is 0.323 e. The minimum absolute atomic E-state index is 0.00647. The van der Waals surface area contributed by atoms with Gasteiger partial charge in [0.25, 0.3) is 15.9 Å². The molecule has 31 heavy (non-hydrogen) atoms. The molecule has 0 radical (unpaired) electrons. The first-order valence-corrected chi connectivity index (χ1v) is 10.9. The van der Waals surface area contributed by atoms with E-state index in [4.69, 9.17) is 0 Å². The van der Waals surface area contributed by atoms with E-state index in [1.807, 2.05) is 32.0 Å². The highest BCUT2D eigenvalue weighted by molar-refractivity contribution is 7.92. The number of sulfonamides is 1. The normalized spacial score (nSPS) is 11.4. The Kier molecular flexibility index (Phi) is 5.12. The van der Waals surface area contributed by atoms with Crippen molar-refractivity contribution in [1.29, 1.82) is 0 Å². The fourth-order valence-corrected chi connectivity index (χ4v) is 4.23. The molecule has 0 aliphatic rings. The molecule has 4 N–H and O–H groups in total. The molecule has 0 aliphatic carbocycles. The molecule has 8 nitrogen and oxygen atoms in total. The van der Waals surface area contributed by atoms with Gasteiger partial charge in [0.2, 0.25) is 0 Å². The third-order valence-electron chi connectivity index (χ3n) is 4.84. The summed E-state index contributed by atoms with van der Waals surface area (Å²) in [4.78, 5) is 29.0. The lowest BCUT2D eigenvalue weighted by Gasteiger charge is -2.11. The zero-order chi connectivity index (χ0) is 22.2. The van der Waals surface area contributed by atoms with Crippen LogP contribution in [0.4, 0.5) is 11.4 Å². The number of imidazole rings is 1. The molecule has 0 saturated heterocycles. The number of aromatic nitrogens is 2. The van der Waals surface area contributed by atoms with E-state index in [-0.39, 0.29) is 10.8 Å². The molecule has 0 saturated carbocycles. The molecule has 0 aliphatic heterocycles. The van der Waals surface area contributed by atoms with E-state index in [1.165, 1.54) is 30.3 Å². The molecule has 0 unspecified atom stereocenters. The van der Waals surface area contributed by atoms with Gasteiger partial charge in [-0.25, -0.2) is 13.2 Å². The molecular formula is C22H20N4O4S. The number of fused-ring (bicyclic) bond motifs is 1. The Morgan fingerprint density at radius 2 is 1.58 bits per heavy atom. The number of hydrogen-bond acceptors (Lipinski definition) is 4. The second-order valence-electron chi connectivity index (χ2n) is 7.24. The molecular weight excluding hydrogens is 416 g/mol. The number of aryl methyl sites for hydroxylation is 2. The van der Waals surface area contributed by atoms with Gasteiger partial charge in [-0.05, 0) is 73.5 Å². The van der Waals surface area contributed by atoms with E-state index >= 15 is 0 Å². The number of carbonyl (C=O) groups is 1. The fourth-order valence-electron chi connectivity index (χ4n) is 3.15. The lowest BCUT2D eigenvalue weighted by molar-refractivity contribution is 0.102. The van der Waals surface area contributed by atoms with Crippen LogP contribution in [0.25, 0.3) is 11.0 Å². The van der Waals surface area contributed by atoms with Gasteiger partial charge in [-0.3, -0.25) is 9.52 Å². The maximum Gasteiger partial charge on any atom is 0.323 e. The van der Waals surface area contributed by atoms with E-state index in [0.29, 0.717) is 22.3 Å². The van der Waals surface area contributed by atoms with Crippen LogP contribution in [-0.4, -0.2) is 24.3 Å². The zero-order valence-corrected chi connectivity index (χ0v) is 17.6. The summed E-state index contributed by atoms with van der Waals surface area (Å²) in [6, 6.07) is 16.2. The van der Waals surface area contributed by atoms with Crippen LogP contribution in [0.3, 0.4) is 0 Å². The average molecular weight is 436 g/mol. The smallest absolute Gasteiger partial charge is 0.322 e. The minimum atomic E-state index is -3.87. The number of H-pyrrole nitrogens is 2. The van der Waals surface area contributed by atoms with Gasteiger partial charge in [0.15, 0.2) is 0 Å². The van der Waals surface area contributed by atoms with Crippen molar-refractivity contribution in [1.82, 2.24) is 9.97 Å². The molecule has 4 aromatic rings. The summed E-state index contributed by atoms with van der Waals surface area (Å²) in [5, 5.41) is 2.87. The summed E-state index contributed by atoms with van der Waals surface area (Å²) in [7, 11) is -3.87. The summed E-state index contributed by atoms with van der Waals surface area (Å²) in [5.74, 6) is -0.287. The number of aromatic amines is 2. The number of anilines is 2. The van der Waals surface area contributed by atoms with Gasteiger partial charge >= 0.3 is 5.69 Å². The van der Waals surface area contributed by atoms with Crippen molar-refractivity contribution in [3.8, 4) is 0 Å². The van der Waals surface area contributed by atoms with Crippen molar-refractivity contribution in [2.24, 2.45) is 0 Å². The van der Waals surface area contributed by atoms with E-state index in [2.05, 4.69) is 20.0 Å². The molecule has 0 bridgehead atoms. The topological polar surface area (TPSA) is 124 Å². The van der Waals surface area contributed by atoms with Crippen molar-refractivity contribution in [3.05, 3.63) is 87.8 Å². The first-order valence-electron chi connectivity index (χ1n) is 9.45. The molecule has 0 atom stereocenters. The van der Waals surface area contributed by atoms with E-state index in [9.17, 15) is 18.0 Å². The van der Waals surface area contributed by atoms with Gasteiger partial charge in [0.1, 0.15) is 0 Å². The quantitative estimate of drug-likeness (QED) is 0.382. The fraction of sp³-hybridized carbons (Fsp3) is 0.0909. The van der Waals surface area contributed by atoms with Crippen LogP contribution in [0.1, 0.15) is 21.5 Å². The van der Waals surface area contributed by atoms with Crippen molar-refractivity contribution < 1.29 is 13.2 Å². The third kappa shape index (κ3) is 4.36. The van der Waals surface area contributed by atoms with Crippen molar-refractivity contribution in [3.63, 3.8) is 0 Å². The zero-order valence-electron chi connectivity index (χ0n) is 16.8. The van der Waals surface area contributed by atoms with Crippen LogP contribution in [0.5, 0.6) is 0 Å². The van der Waals surface area contributed by atoms with Gasteiger partial charge in [0.05, 0.1) is 15.9 Å². The summed E-state index contributed by atoms with van der Waals surface area (Å²) in [5.41, 5.74) is 3.92. The maximum absolute atomic E-state index is 12.7. The Bertz CT molecular complexity index is 1450. The van der Waals surface area contributed by atoms with Crippen molar-refractivity contribution in [2.75, 3.05) is 10.0 Å². The Morgan fingerprint density at radius 3 is 2.32 bits per heavy atom. The number of carbonyl (C=O) groups excluding carboxylic acids is 1. The van der Waals surface area contributed by atoms with Crippen LogP contribution in [0.15, 0.2) is 70.4 Å². The Morgan fingerprint density at radius 1 is 0.871 bits per heavy atom. The molecule has 4 rings (SSSR count). The SMILES string of the molecule is Cc1ccc(C)c(NC(=O)c2ccc(NS(=O)(=O)c3ccc4[nH]c(=O)[nH]c4c3)cc2)c1. The number of rotatable bonds is 5. The van der Waals surface area contributed by atoms with Gasteiger partial charge in [0, 0.05) is 16.9 Å². The number of hydrogen-bond donors (Lipinski definition) is 4. The van der Waals surface area contributed by atoms with Crippen molar-refractivity contribution >= 4 is 38.3 Å². The van der Waals surface area contributed by atoms with E-state index in [0.717, 1.165) is 16.8 Å².